The van der Waals surface area contributed by atoms with Crippen LogP contribution in [0.15, 0.2) is 82.4 Å². The normalized spacial score (nSPS) is 14.9. The van der Waals surface area contributed by atoms with Gasteiger partial charge in [0.25, 0.3) is 5.91 Å². The molecule has 0 spiro atoms. The molecule has 170 valence electrons. The number of rotatable bonds is 6. The lowest BCUT2D eigenvalue weighted by atomic mass is 10.1. The van der Waals surface area contributed by atoms with Crippen molar-refractivity contribution < 1.29 is 13.9 Å². The topological polar surface area (TPSA) is 60.5 Å². The van der Waals surface area contributed by atoms with Gasteiger partial charge in [-0.25, -0.2) is 4.68 Å². The summed E-state index contributed by atoms with van der Waals surface area (Å²) in [6, 6.07) is 18.9. The second-order valence-corrected chi connectivity index (χ2v) is 9.49. The number of amides is 1. The molecule has 2 aromatic carbocycles. The fourth-order valence-corrected chi connectivity index (χ4v) is 5.08. The molecule has 5 rings (SSSR count). The van der Waals surface area contributed by atoms with Crippen LogP contribution in [0.2, 0.25) is 5.02 Å². The molecule has 1 fully saturated rings. The molecule has 1 aliphatic heterocycles. The third-order valence-electron chi connectivity index (χ3n) is 5.24. The van der Waals surface area contributed by atoms with Gasteiger partial charge >= 0.3 is 0 Å². The van der Waals surface area contributed by atoms with Gasteiger partial charge in [0.2, 0.25) is 0 Å². The molecule has 0 bridgehead atoms. The van der Waals surface area contributed by atoms with Crippen LogP contribution in [-0.4, -0.2) is 32.0 Å². The van der Waals surface area contributed by atoms with Crippen molar-refractivity contribution in [2.45, 2.75) is 6.54 Å². The lowest BCUT2D eigenvalue weighted by molar-refractivity contribution is -0.122. The van der Waals surface area contributed by atoms with Gasteiger partial charge < -0.3 is 9.15 Å². The summed E-state index contributed by atoms with van der Waals surface area (Å²) < 4.78 is 12.9. The highest BCUT2D eigenvalue weighted by molar-refractivity contribution is 8.26. The number of halogens is 1. The largest absolute Gasteiger partial charge is 0.495 e. The van der Waals surface area contributed by atoms with Crippen LogP contribution >= 0.6 is 35.6 Å². The average Bonchev–Trinajstić information content (AvgIpc) is 3.57. The molecule has 34 heavy (non-hydrogen) atoms. The summed E-state index contributed by atoms with van der Waals surface area (Å²) in [6.07, 6.45) is 5.29. The lowest BCUT2D eigenvalue weighted by Crippen LogP contribution is -2.27. The first-order chi connectivity index (χ1) is 16.5. The van der Waals surface area contributed by atoms with Gasteiger partial charge in [-0.15, -0.1) is 0 Å². The zero-order valence-electron chi connectivity index (χ0n) is 18.0. The van der Waals surface area contributed by atoms with E-state index in [1.807, 2.05) is 54.7 Å². The minimum Gasteiger partial charge on any atom is -0.495 e. The maximum atomic E-state index is 13.2. The Balaban J connectivity index is 1.55. The molecule has 1 saturated heterocycles. The number of nitrogens with zero attached hydrogens (tertiary/aromatic N) is 3. The number of thioether (sulfide) groups is 1. The summed E-state index contributed by atoms with van der Waals surface area (Å²) in [6.45, 7) is 0.291. The summed E-state index contributed by atoms with van der Waals surface area (Å²) in [7, 11) is 1.57. The molecule has 2 aromatic heterocycles. The van der Waals surface area contributed by atoms with Gasteiger partial charge in [-0.2, -0.15) is 5.10 Å². The molecule has 0 aliphatic carbocycles. The monoisotopic (exact) mass is 507 g/mol. The number of carbonyl (C=O) groups is 1. The van der Waals surface area contributed by atoms with Crippen LogP contribution in [0.1, 0.15) is 11.3 Å². The van der Waals surface area contributed by atoms with Crippen molar-refractivity contribution in [3.63, 3.8) is 0 Å². The van der Waals surface area contributed by atoms with E-state index in [2.05, 4.69) is 0 Å². The zero-order chi connectivity index (χ0) is 23.7. The third kappa shape index (κ3) is 4.40. The molecule has 1 amide bonds. The highest BCUT2D eigenvalue weighted by atomic mass is 35.5. The number of methoxy groups -OCH3 is 1. The maximum Gasteiger partial charge on any atom is 0.266 e. The number of para-hydroxylation sites is 1. The van der Waals surface area contributed by atoms with E-state index in [0.717, 1.165) is 16.8 Å². The van der Waals surface area contributed by atoms with Crippen molar-refractivity contribution in [1.29, 1.82) is 0 Å². The predicted octanol–water partition coefficient (Wildman–Crippen LogP) is 6.20. The molecule has 0 N–H and O–H groups in total. The quantitative estimate of drug-likeness (QED) is 0.229. The van der Waals surface area contributed by atoms with Crippen molar-refractivity contribution in [3.8, 4) is 22.7 Å². The third-order valence-corrected chi connectivity index (χ3v) is 6.92. The maximum absolute atomic E-state index is 13.2. The molecule has 4 aromatic rings. The molecular weight excluding hydrogens is 490 g/mol. The van der Waals surface area contributed by atoms with Crippen LogP contribution in [0.25, 0.3) is 23.0 Å². The Bertz CT molecular complexity index is 1400. The second kappa shape index (κ2) is 9.50. The van der Waals surface area contributed by atoms with E-state index in [1.165, 1.54) is 16.7 Å². The van der Waals surface area contributed by atoms with Gasteiger partial charge in [0.15, 0.2) is 0 Å². The highest BCUT2D eigenvalue weighted by Gasteiger charge is 2.33. The van der Waals surface area contributed by atoms with Crippen LogP contribution in [0, 0.1) is 0 Å². The molecule has 0 saturated carbocycles. The van der Waals surface area contributed by atoms with E-state index in [4.69, 9.17) is 38.1 Å². The van der Waals surface area contributed by atoms with Gasteiger partial charge in [0.05, 0.1) is 35.5 Å². The number of ether oxygens (including phenoxy) is 1. The van der Waals surface area contributed by atoms with E-state index in [1.54, 1.807) is 36.3 Å². The van der Waals surface area contributed by atoms with Crippen molar-refractivity contribution in [3.05, 3.63) is 94.4 Å². The highest BCUT2D eigenvalue weighted by Crippen LogP contribution is 2.37. The van der Waals surface area contributed by atoms with Crippen molar-refractivity contribution in [2.75, 3.05) is 7.11 Å². The van der Waals surface area contributed by atoms with Crippen molar-refractivity contribution in [2.24, 2.45) is 0 Å². The van der Waals surface area contributed by atoms with Crippen LogP contribution in [0.3, 0.4) is 0 Å². The van der Waals surface area contributed by atoms with Crippen LogP contribution in [0.4, 0.5) is 0 Å². The van der Waals surface area contributed by atoms with Gasteiger partial charge in [-0.05, 0) is 48.5 Å². The SMILES string of the molecule is COc1ccc(-c2nn(-c3ccccc3)cc2/C=C2\SC(=S)N(Cc3ccco3)C2=O)cc1Cl. The predicted molar refractivity (Wildman–Crippen MR) is 138 cm³/mol. The standard InChI is InChI=1S/C25H18ClN3O3S2/c1-31-21-10-9-16(12-20(21)26)23-17(14-29(27-23)18-6-3-2-4-7-18)13-22-24(30)28(25(33)34-22)15-19-8-5-11-32-19/h2-14H,15H2,1H3/b22-13-. The molecule has 9 heteroatoms. The molecule has 0 unspecified atom stereocenters. The smallest absolute Gasteiger partial charge is 0.266 e. The van der Waals surface area contributed by atoms with Crippen LogP contribution in [-0.2, 0) is 11.3 Å². The number of carbonyl (C=O) groups excluding carboxylic acids is 1. The Morgan fingerprint density at radius 3 is 2.71 bits per heavy atom. The minimum atomic E-state index is -0.169. The first-order valence-electron chi connectivity index (χ1n) is 10.3. The van der Waals surface area contributed by atoms with E-state index >= 15 is 0 Å². The lowest BCUT2D eigenvalue weighted by Gasteiger charge is -2.11. The van der Waals surface area contributed by atoms with E-state index in [9.17, 15) is 4.79 Å². The summed E-state index contributed by atoms with van der Waals surface area (Å²) in [5.74, 6) is 1.08. The van der Waals surface area contributed by atoms with E-state index in [0.29, 0.717) is 38.0 Å². The van der Waals surface area contributed by atoms with E-state index in [-0.39, 0.29) is 5.91 Å². The number of aromatic nitrogens is 2. The molecule has 0 atom stereocenters. The summed E-state index contributed by atoms with van der Waals surface area (Å²) in [5, 5.41) is 5.28. The van der Waals surface area contributed by atoms with Crippen LogP contribution < -0.4 is 4.74 Å². The minimum absolute atomic E-state index is 0.169. The Labute approximate surface area is 210 Å². The Hall–Kier alpha value is -3.33. The van der Waals surface area contributed by atoms with Gasteiger partial charge in [-0.1, -0.05) is 53.8 Å². The molecule has 3 heterocycles. The first kappa shape index (κ1) is 22.5. The zero-order valence-corrected chi connectivity index (χ0v) is 20.4. The summed E-state index contributed by atoms with van der Waals surface area (Å²) in [4.78, 5) is 15.2. The number of furan rings is 1. The van der Waals surface area contributed by atoms with Gasteiger partial charge in [0.1, 0.15) is 21.5 Å². The number of hydrogen-bond donors (Lipinski definition) is 0. The second-order valence-electron chi connectivity index (χ2n) is 7.41. The van der Waals surface area contributed by atoms with Gasteiger partial charge in [0, 0.05) is 17.3 Å². The van der Waals surface area contributed by atoms with E-state index < -0.39 is 0 Å². The average molecular weight is 508 g/mol. The molecule has 0 radical (unpaired) electrons. The summed E-state index contributed by atoms with van der Waals surface area (Å²) in [5.41, 5.74) is 3.15. The molecular formula is C25H18ClN3O3S2. The van der Waals surface area contributed by atoms with Crippen LogP contribution in [0.5, 0.6) is 5.75 Å². The molecule has 6 nitrogen and oxygen atoms in total. The Morgan fingerprint density at radius 2 is 2.00 bits per heavy atom. The summed E-state index contributed by atoms with van der Waals surface area (Å²) >= 11 is 13.1. The van der Waals surface area contributed by atoms with Crippen molar-refractivity contribution in [1.82, 2.24) is 14.7 Å². The van der Waals surface area contributed by atoms with Crippen molar-refractivity contribution >= 4 is 51.9 Å². The number of thiocarbonyl (C=S) groups is 1. The first-order valence-corrected chi connectivity index (χ1v) is 11.9. The molecule has 1 aliphatic rings. The Morgan fingerprint density at radius 1 is 1.18 bits per heavy atom. The fraction of sp³-hybridized carbons (Fsp3) is 0.0800. The number of hydrogen-bond acceptors (Lipinski definition) is 6. The number of benzene rings is 2. The Kier molecular flexibility index (Phi) is 6.28. The van der Waals surface area contributed by atoms with Gasteiger partial charge in [-0.3, -0.25) is 9.69 Å². The fourth-order valence-electron chi connectivity index (χ4n) is 3.58.